The van der Waals surface area contributed by atoms with Crippen LogP contribution in [0.15, 0.2) is 91.0 Å². The average Bonchev–Trinajstić information content (AvgIpc) is 2.85. The molecule has 1 N–H and O–H groups in total. The molecule has 0 saturated carbocycles. The van der Waals surface area contributed by atoms with Crippen LogP contribution < -0.4 is 14.8 Å². The van der Waals surface area contributed by atoms with Gasteiger partial charge in [-0.05, 0) is 64.9 Å². The predicted molar refractivity (Wildman–Crippen MR) is 134 cm³/mol. The molecule has 0 bridgehead atoms. The molecule has 4 aromatic rings. The third-order valence-electron chi connectivity index (χ3n) is 5.84. The third-order valence-corrected chi connectivity index (χ3v) is 5.84. The summed E-state index contributed by atoms with van der Waals surface area (Å²) in [5.74, 6) is 2.17. The van der Waals surface area contributed by atoms with Gasteiger partial charge in [0.15, 0.2) is 0 Å². The van der Waals surface area contributed by atoms with Gasteiger partial charge in [-0.15, -0.1) is 0 Å². The molecular weight excluding hydrogens is 394 g/mol. The normalized spacial score (nSPS) is 11.8. The molecule has 0 aromatic heterocycles. The summed E-state index contributed by atoms with van der Waals surface area (Å²) in [4.78, 5) is 0. The summed E-state index contributed by atoms with van der Waals surface area (Å²) < 4.78 is 11.4. The lowest BCUT2D eigenvalue weighted by atomic mass is 9.97. The minimum absolute atomic E-state index is 0.368. The number of para-hydroxylation sites is 2. The van der Waals surface area contributed by atoms with Crippen molar-refractivity contribution in [3.05, 3.63) is 102 Å². The van der Waals surface area contributed by atoms with Crippen LogP contribution >= 0.6 is 0 Å². The van der Waals surface area contributed by atoms with Gasteiger partial charge in [0.2, 0.25) is 0 Å². The van der Waals surface area contributed by atoms with Crippen molar-refractivity contribution < 1.29 is 9.47 Å². The highest BCUT2D eigenvalue weighted by atomic mass is 16.5. The van der Waals surface area contributed by atoms with E-state index >= 15 is 0 Å². The van der Waals surface area contributed by atoms with Crippen LogP contribution in [0.4, 0.5) is 5.69 Å². The number of rotatable bonds is 10. The van der Waals surface area contributed by atoms with Gasteiger partial charge in [-0.1, -0.05) is 73.7 Å². The van der Waals surface area contributed by atoms with Crippen molar-refractivity contribution in [3.63, 3.8) is 0 Å². The van der Waals surface area contributed by atoms with Gasteiger partial charge in [0.1, 0.15) is 11.5 Å². The molecule has 0 saturated heterocycles. The summed E-state index contributed by atoms with van der Waals surface area (Å²) in [6.45, 7) is 3.80. The number of methoxy groups -OCH3 is 1. The van der Waals surface area contributed by atoms with Gasteiger partial charge < -0.3 is 14.8 Å². The third kappa shape index (κ3) is 5.61. The first-order valence-corrected chi connectivity index (χ1v) is 11.3. The van der Waals surface area contributed by atoms with Crippen molar-refractivity contribution in [3.8, 4) is 11.5 Å². The smallest absolute Gasteiger partial charge is 0.142 e. The second-order valence-corrected chi connectivity index (χ2v) is 8.19. The van der Waals surface area contributed by atoms with Crippen LogP contribution in [-0.2, 0) is 6.42 Å². The highest BCUT2D eigenvalue weighted by Crippen LogP contribution is 2.28. The van der Waals surface area contributed by atoms with E-state index in [0.717, 1.165) is 36.6 Å². The van der Waals surface area contributed by atoms with E-state index in [1.54, 1.807) is 7.11 Å². The van der Waals surface area contributed by atoms with E-state index in [4.69, 9.17) is 9.47 Å². The Bertz CT molecular complexity index is 1140. The maximum Gasteiger partial charge on any atom is 0.142 e. The molecule has 32 heavy (non-hydrogen) atoms. The zero-order valence-electron chi connectivity index (χ0n) is 18.9. The van der Waals surface area contributed by atoms with Crippen molar-refractivity contribution in [1.82, 2.24) is 0 Å². The number of hydrogen-bond donors (Lipinski definition) is 1. The molecule has 164 valence electrons. The van der Waals surface area contributed by atoms with E-state index in [1.165, 1.54) is 21.9 Å². The standard InChI is InChI=1S/C29H31NO2/c1-22(24-14-15-26-20-27(31-2)17-16-25(26)19-24)21-30-28-12-6-7-13-29(28)32-18-8-11-23-9-4-3-5-10-23/h3-7,9-10,12-17,19-20,22,30H,8,11,18,21H2,1-2H3. The van der Waals surface area contributed by atoms with Crippen molar-refractivity contribution in [2.45, 2.75) is 25.7 Å². The van der Waals surface area contributed by atoms with Crippen LogP contribution in [-0.4, -0.2) is 20.3 Å². The molecule has 0 spiro atoms. The summed E-state index contributed by atoms with van der Waals surface area (Å²) in [5.41, 5.74) is 3.71. The van der Waals surface area contributed by atoms with Crippen LogP contribution in [0.2, 0.25) is 0 Å². The van der Waals surface area contributed by atoms with E-state index in [1.807, 2.05) is 24.3 Å². The molecule has 4 rings (SSSR count). The summed E-state index contributed by atoms with van der Waals surface area (Å²) in [5, 5.41) is 6.02. The van der Waals surface area contributed by atoms with Gasteiger partial charge in [0, 0.05) is 6.54 Å². The molecule has 0 radical (unpaired) electrons. The first kappa shape index (κ1) is 21.8. The average molecular weight is 426 g/mol. The maximum absolute atomic E-state index is 6.10. The van der Waals surface area contributed by atoms with E-state index < -0.39 is 0 Å². The van der Waals surface area contributed by atoms with Crippen LogP contribution in [0, 0.1) is 0 Å². The topological polar surface area (TPSA) is 30.5 Å². The number of aryl methyl sites for hydroxylation is 1. The number of fused-ring (bicyclic) bond motifs is 1. The summed E-state index contributed by atoms with van der Waals surface area (Å²) in [6.07, 6.45) is 2.03. The van der Waals surface area contributed by atoms with Crippen molar-refractivity contribution >= 4 is 16.5 Å². The number of anilines is 1. The highest BCUT2D eigenvalue weighted by Gasteiger charge is 2.09. The van der Waals surface area contributed by atoms with Gasteiger partial charge in [-0.2, -0.15) is 0 Å². The minimum Gasteiger partial charge on any atom is -0.497 e. The van der Waals surface area contributed by atoms with Gasteiger partial charge in [0.05, 0.1) is 19.4 Å². The van der Waals surface area contributed by atoms with E-state index in [0.29, 0.717) is 12.5 Å². The molecular formula is C29H31NO2. The van der Waals surface area contributed by atoms with Gasteiger partial charge in [-0.3, -0.25) is 0 Å². The Morgan fingerprint density at radius 1 is 0.812 bits per heavy atom. The fourth-order valence-corrected chi connectivity index (χ4v) is 3.90. The SMILES string of the molecule is COc1ccc2cc(C(C)CNc3ccccc3OCCCc3ccccc3)ccc2c1. The Hall–Kier alpha value is -3.46. The molecule has 3 nitrogen and oxygen atoms in total. The molecule has 3 heteroatoms. The molecule has 1 unspecified atom stereocenters. The molecule has 1 atom stereocenters. The summed E-state index contributed by atoms with van der Waals surface area (Å²) in [7, 11) is 1.70. The predicted octanol–water partition coefficient (Wildman–Crippen LogP) is 7.08. The quantitative estimate of drug-likeness (QED) is 0.276. The van der Waals surface area contributed by atoms with E-state index in [2.05, 4.69) is 79.0 Å². The number of ether oxygens (including phenoxy) is 2. The Balaban J connectivity index is 1.33. The molecule has 0 aliphatic heterocycles. The first-order chi connectivity index (χ1) is 15.7. The van der Waals surface area contributed by atoms with Crippen LogP contribution in [0.25, 0.3) is 10.8 Å². The van der Waals surface area contributed by atoms with Gasteiger partial charge in [0.25, 0.3) is 0 Å². The molecule has 0 aliphatic rings. The highest BCUT2D eigenvalue weighted by molar-refractivity contribution is 5.84. The zero-order chi connectivity index (χ0) is 22.2. The van der Waals surface area contributed by atoms with Crippen molar-refractivity contribution in [1.29, 1.82) is 0 Å². The second-order valence-electron chi connectivity index (χ2n) is 8.19. The van der Waals surface area contributed by atoms with Crippen LogP contribution in [0.5, 0.6) is 11.5 Å². The molecule has 4 aromatic carbocycles. The zero-order valence-corrected chi connectivity index (χ0v) is 18.9. The Labute approximate surface area is 191 Å². The van der Waals surface area contributed by atoms with Crippen molar-refractivity contribution in [2.75, 3.05) is 25.6 Å². The number of benzene rings is 4. The Morgan fingerprint density at radius 2 is 1.56 bits per heavy atom. The summed E-state index contributed by atoms with van der Waals surface area (Å²) >= 11 is 0. The summed E-state index contributed by atoms with van der Waals surface area (Å²) in [6, 6.07) is 31.6. The van der Waals surface area contributed by atoms with Crippen molar-refractivity contribution in [2.24, 2.45) is 0 Å². The maximum atomic E-state index is 6.10. The fourth-order valence-electron chi connectivity index (χ4n) is 3.90. The molecule has 0 heterocycles. The molecule has 0 fully saturated rings. The fraction of sp³-hybridized carbons (Fsp3) is 0.241. The van der Waals surface area contributed by atoms with E-state index in [-0.39, 0.29) is 0 Å². The lowest BCUT2D eigenvalue weighted by Crippen LogP contribution is -2.11. The lowest BCUT2D eigenvalue weighted by Gasteiger charge is -2.17. The first-order valence-electron chi connectivity index (χ1n) is 11.3. The Kier molecular flexibility index (Phi) is 7.29. The molecule has 0 aliphatic carbocycles. The van der Waals surface area contributed by atoms with Gasteiger partial charge >= 0.3 is 0 Å². The lowest BCUT2D eigenvalue weighted by molar-refractivity contribution is 0.312. The Morgan fingerprint density at radius 3 is 2.41 bits per heavy atom. The van der Waals surface area contributed by atoms with Crippen LogP contribution in [0.3, 0.4) is 0 Å². The molecule has 0 amide bonds. The van der Waals surface area contributed by atoms with E-state index in [9.17, 15) is 0 Å². The number of nitrogens with one attached hydrogen (secondary N) is 1. The monoisotopic (exact) mass is 425 g/mol. The van der Waals surface area contributed by atoms with Crippen LogP contribution in [0.1, 0.15) is 30.4 Å². The number of hydrogen-bond acceptors (Lipinski definition) is 3. The largest absolute Gasteiger partial charge is 0.497 e. The second kappa shape index (κ2) is 10.7. The minimum atomic E-state index is 0.368. The van der Waals surface area contributed by atoms with Gasteiger partial charge in [-0.25, -0.2) is 0 Å².